The number of anilines is 1. The minimum absolute atomic E-state index is 0.0805. The molecule has 1 aromatic rings. The van der Waals surface area contributed by atoms with Gasteiger partial charge in [0.25, 0.3) is 0 Å². The Labute approximate surface area is 134 Å². The molecular formula is C16H20ClNO4. The lowest BCUT2D eigenvalue weighted by Crippen LogP contribution is -2.25. The number of unbranched alkanes of at least 4 members (excludes halogenated alkanes) is 2. The molecule has 1 aliphatic heterocycles. The Balaban J connectivity index is 2.50. The Morgan fingerprint density at radius 1 is 1.41 bits per heavy atom. The predicted octanol–water partition coefficient (Wildman–Crippen LogP) is 3.67. The fraction of sp³-hybridized carbons (Fsp3) is 0.438. The molecule has 5 nitrogen and oxygen atoms in total. The summed E-state index contributed by atoms with van der Waals surface area (Å²) in [5.41, 5.74) is 2.22. The van der Waals surface area contributed by atoms with Gasteiger partial charge in [-0.1, -0.05) is 31.4 Å². The van der Waals surface area contributed by atoms with Crippen LogP contribution >= 0.6 is 11.6 Å². The third-order valence-corrected chi connectivity index (χ3v) is 4.18. The first-order chi connectivity index (χ1) is 10.5. The van der Waals surface area contributed by atoms with E-state index in [1.165, 1.54) is 7.11 Å². The standard InChI is InChI=1S/C16H20ClNO4/c1-3-4-5-6-9-10-7-11(16(20)21)13(22-2)8-12(10)18-15(19)14(9)17/h7-8,15,18-19H,3-6H2,1-2H3,(H,20,21). The number of carboxylic acid groups (broad SMARTS) is 1. The number of methoxy groups -OCH3 is 1. The third-order valence-electron chi connectivity index (χ3n) is 3.75. The van der Waals surface area contributed by atoms with Gasteiger partial charge in [-0.15, -0.1) is 0 Å². The van der Waals surface area contributed by atoms with E-state index in [0.29, 0.717) is 22.7 Å². The number of aliphatic hydroxyl groups excluding tert-OH is 1. The number of rotatable bonds is 6. The molecule has 6 heteroatoms. The van der Waals surface area contributed by atoms with Gasteiger partial charge in [0.1, 0.15) is 11.3 Å². The number of nitrogens with one attached hydrogen (secondary N) is 1. The summed E-state index contributed by atoms with van der Waals surface area (Å²) in [7, 11) is 1.42. The summed E-state index contributed by atoms with van der Waals surface area (Å²) >= 11 is 6.23. The lowest BCUT2D eigenvalue weighted by molar-refractivity contribution is 0.0693. The summed E-state index contributed by atoms with van der Waals surface area (Å²) in [6.07, 6.45) is 2.77. The number of aliphatic hydroxyl groups is 1. The number of hydrogen-bond acceptors (Lipinski definition) is 4. The van der Waals surface area contributed by atoms with Gasteiger partial charge >= 0.3 is 5.97 Å². The van der Waals surface area contributed by atoms with E-state index in [-0.39, 0.29) is 11.3 Å². The average Bonchev–Trinajstić information content (AvgIpc) is 2.49. The normalized spacial score (nSPS) is 17.0. The predicted molar refractivity (Wildman–Crippen MR) is 86.5 cm³/mol. The zero-order valence-electron chi connectivity index (χ0n) is 12.6. The van der Waals surface area contributed by atoms with E-state index in [1.807, 2.05) is 0 Å². The number of aromatic carboxylic acids is 1. The molecule has 1 aliphatic rings. The molecule has 1 aromatic carbocycles. The average molecular weight is 326 g/mol. The van der Waals surface area contributed by atoms with Crippen molar-refractivity contribution in [1.82, 2.24) is 0 Å². The number of carboxylic acids is 1. The van der Waals surface area contributed by atoms with Crippen LogP contribution in [0.2, 0.25) is 0 Å². The molecule has 1 atom stereocenters. The minimum Gasteiger partial charge on any atom is -0.496 e. The zero-order valence-corrected chi connectivity index (χ0v) is 13.4. The van der Waals surface area contributed by atoms with Gasteiger partial charge in [0.2, 0.25) is 0 Å². The number of fused-ring (bicyclic) bond motifs is 1. The van der Waals surface area contributed by atoms with Gasteiger partial charge in [0, 0.05) is 17.3 Å². The third kappa shape index (κ3) is 3.20. The SMILES string of the molecule is CCCCCC1=C(Cl)C(O)Nc2cc(OC)c(C(=O)O)cc21. The molecule has 0 amide bonds. The van der Waals surface area contributed by atoms with Crippen LogP contribution in [0.15, 0.2) is 17.2 Å². The van der Waals surface area contributed by atoms with Crippen LogP contribution in [0.1, 0.15) is 48.5 Å². The van der Waals surface area contributed by atoms with Gasteiger partial charge in [-0.3, -0.25) is 0 Å². The maximum Gasteiger partial charge on any atom is 0.339 e. The number of hydrogen-bond donors (Lipinski definition) is 3. The Hall–Kier alpha value is -1.72. The van der Waals surface area contributed by atoms with E-state index >= 15 is 0 Å². The van der Waals surface area contributed by atoms with Crippen LogP contribution in [0.5, 0.6) is 5.75 Å². The van der Waals surface area contributed by atoms with Gasteiger partial charge in [-0.25, -0.2) is 4.79 Å². The van der Waals surface area contributed by atoms with Crippen molar-refractivity contribution in [3.05, 3.63) is 28.3 Å². The number of halogens is 1. The van der Waals surface area contributed by atoms with Crippen molar-refractivity contribution in [1.29, 1.82) is 0 Å². The fourth-order valence-corrected chi connectivity index (χ4v) is 2.85. The summed E-state index contributed by atoms with van der Waals surface area (Å²) < 4.78 is 5.12. The molecule has 0 radical (unpaired) electrons. The molecule has 1 heterocycles. The van der Waals surface area contributed by atoms with E-state index in [1.54, 1.807) is 12.1 Å². The van der Waals surface area contributed by atoms with Crippen molar-refractivity contribution < 1.29 is 19.7 Å². The fourth-order valence-electron chi connectivity index (χ4n) is 2.60. The van der Waals surface area contributed by atoms with Crippen LogP contribution in [0, 0.1) is 0 Å². The van der Waals surface area contributed by atoms with Gasteiger partial charge in [0.15, 0.2) is 6.23 Å². The second-order valence-corrected chi connectivity index (χ2v) is 5.64. The van der Waals surface area contributed by atoms with Gasteiger partial charge < -0.3 is 20.3 Å². The van der Waals surface area contributed by atoms with Crippen LogP contribution in [0.3, 0.4) is 0 Å². The topological polar surface area (TPSA) is 78.8 Å². The maximum atomic E-state index is 11.4. The quantitative estimate of drug-likeness (QED) is 0.695. The van der Waals surface area contributed by atoms with Crippen LogP contribution in [-0.2, 0) is 0 Å². The van der Waals surface area contributed by atoms with Crippen molar-refractivity contribution in [3.63, 3.8) is 0 Å². The highest BCUT2D eigenvalue weighted by molar-refractivity contribution is 6.34. The largest absolute Gasteiger partial charge is 0.496 e. The van der Waals surface area contributed by atoms with E-state index in [0.717, 1.165) is 24.8 Å². The van der Waals surface area contributed by atoms with E-state index < -0.39 is 12.2 Å². The van der Waals surface area contributed by atoms with Crippen LogP contribution < -0.4 is 10.1 Å². The van der Waals surface area contributed by atoms with E-state index in [2.05, 4.69) is 12.2 Å². The molecule has 2 rings (SSSR count). The smallest absolute Gasteiger partial charge is 0.339 e. The minimum atomic E-state index is -1.06. The van der Waals surface area contributed by atoms with Crippen LogP contribution in [0.25, 0.3) is 5.57 Å². The Bertz CT molecular complexity index is 612. The number of benzene rings is 1. The number of allylic oxidation sites excluding steroid dienone is 1. The van der Waals surface area contributed by atoms with Crippen molar-refractivity contribution in [2.75, 3.05) is 12.4 Å². The first-order valence-corrected chi connectivity index (χ1v) is 7.66. The molecule has 1 unspecified atom stereocenters. The number of carbonyl (C=O) groups is 1. The van der Waals surface area contributed by atoms with E-state index in [4.69, 9.17) is 16.3 Å². The van der Waals surface area contributed by atoms with E-state index in [9.17, 15) is 15.0 Å². The molecule has 0 spiro atoms. The molecule has 0 fully saturated rings. The Morgan fingerprint density at radius 3 is 2.73 bits per heavy atom. The van der Waals surface area contributed by atoms with Crippen LogP contribution in [0.4, 0.5) is 5.69 Å². The Morgan fingerprint density at radius 2 is 2.14 bits per heavy atom. The van der Waals surface area contributed by atoms with Gasteiger partial charge in [-0.2, -0.15) is 0 Å². The number of ether oxygens (including phenoxy) is 1. The van der Waals surface area contributed by atoms with Crippen molar-refractivity contribution in [2.24, 2.45) is 0 Å². The summed E-state index contributed by atoms with van der Waals surface area (Å²) in [6, 6.07) is 3.14. The summed E-state index contributed by atoms with van der Waals surface area (Å²) in [4.78, 5) is 11.4. The van der Waals surface area contributed by atoms with Crippen molar-refractivity contribution >= 4 is 28.8 Å². The molecule has 0 saturated carbocycles. The molecule has 0 aromatic heterocycles. The van der Waals surface area contributed by atoms with Crippen molar-refractivity contribution in [2.45, 2.75) is 38.8 Å². The van der Waals surface area contributed by atoms with Gasteiger partial charge in [0.05, 0.1) is 12.1 Å². The molecule has 120 valence electrons. The highest BCUT2D eigenvalue weighted by Crippen LogP contribution is 2.41. The molecule has 22 heavy (non-hydrogen) atoms. The van der Waals surface area contributed by atoms with Crippen molar-refractivity contribution in [3.8, 4) is 5.75 Å². The molecule has 0 bridgehead atoms. The lowest BCUT2D eigenvalue weighted by atomic mass is 9.92. The monoisotopic (exact) mass is 325 g/mol. The molecular weight excluding hydrogens is 306 g/mol. The van der Waals surface area contributed by atoms with Gasteiger partial charge in [-0.05, 0) is 24.5 Å². The first kappa shape index (κ1) is 16.6. The second-order valence-electron chi connectivity index (χ2n) is 5.23. The second kappa shape index (κ2) is 7.03. The highest BCUT2D eigenvalue weighted by atomic mass is 35.5. The molecule has 0 aliphatic carbocycles. The zero-order chi connectivity index (χ0) is 16.3. The summed E-state index contributed by atoms with van der Waals surface area (Å²) in [5, 5.41) is 22.5. The molecule has 0 saturated heterocycles. The lowest BCUT2D eigenvalue weighted by Gasteiger charge is -2.27. The highest BCUT2D eigenvalue weighted by Gasteiger charge is 2.26. The summed E-state index contributed by atoms with van der Waals surface area (Å²) in [6.45, 7) is 2.11. The molecule has 3 N–H and O–H groups in total. The first-order valence-electron chi connectivity index (χ1n) is 7.28. The summed E-state index contributed by atoms with van der Waals surface area (Å²) in [5.74, 6) is -0.813. The maximum absolute atomic E-state index is 11.4. The van der Waals surface area contributed by atoms with Crippen LogP contribution in [-0.4, -0.2) is 29.5 Å². The Kier molecular flexibility index (Phi) is 5.32.